The minimum Gasteiger partial charge on any atom is -0.395 e. The van der Waals surface area contributed by atoms with E-state index >= 15 is 0 Å². The lowest BCUT2D eigenvalue weighted by Crippen LogP contribution is -2.41. The highest BCUT2D eigenvalue weighted by Crippen LogP contribution is 2.12. The fraction of sp³-hybridized carbons (Fsp3) is 0.909. The number of rotatable bonds is 4. The van der Waals surface area contributed by atoms with E-state index in [9.17, 15) is 9.00 Å². The molecule has 0 saturated carbocycles. The fourth-order valence-electron chi connectivity index (χ4n) is 1.93. The van der Waals surface area contributed by atoms with Crippen molar-refractivity contribution in [2.75, 3.05) is 25.4 Å². The Labute approximate surface area is 99.5 Å². The maximum atomic E-state index is 12.0. The second kappa shape index (κ2) is 7.01. The topological polar surface area (TPSA) is 57.6 Å². The third kappa shape index (κ3) is 3.87. The monoisotopic (exact) mass is 247 g/mol. The van der Waals surface area contributed by atoms with Crippen LogP contribution in [0, 0.1) is 0 Å². The molecule has 0 aromatic carbocycles. The van der Waals surface area contributed by atoms with Crippen molar-refractivity contribution >= 4 is 16.7 Å². The Morgan fingerprint density at radius 1 is 1.31 bits per heavy atom. The summed E-state index contributed by atoms with van der Waals surface area (Å²) in [5.74, 6) is 0.175. The number of hydrogen-bond acceptors (Lipinski definition) is 3. The third-order valence-electron chi connectivity index (χ3n) is 2.95. The summed E-state index contributed by atoms with van der Waals surface area (Å²) in [4.78, 5) is 13.8. The molecular formula is C11H21NO3S. The van der Waals surface area contributed by atoms with Gasteiger partial charge >= 0.3 is 0 Å². The van der Waals surface area contributed by atoms with Crippen molar-refractivity contribution in [1.82, 2.24) is 4.90 Å². The first-order chi connectivity index (χ1) is 7.66. The van der Waals surface area contributed by atoms with Gasteiger partial charge in [0.2, 0.25) is 5.91 Å². The summed E-state index contributed by atoms with van der Waals surface area (Å²) in [5, 5.41) is 8.22. The molecule has 0 aliphatic carbocycles. The Kier molecular flexibility index (Phi) is 5.98. The molecule has 0 aromatic heterocycles. The van der Waals surface area contributed by atoms with Crippen LogP contribution < -0.4 is 0 Å². The second-order valence-electron chi connectivity index (χ2n) is 4.19. The van der Waals surface area contributed by atoms with Gasteiger partial charge < -0.3 is 10.0 Å². The van der Waals surface area contributed by atoms with Gasteiger partial charge in [-0.25, -0.2) is 0 Å². The van der Waals surface area contributed by atoms with Gasteiger partial charge in [0.15, 0.2) is 0 Å². The number of carbonyl (C=O) groups excluding carboxylic acids is 1. The van der Waals surface area contributed by atoms with E-state index < -0.39 is 16.0 Å². The lowest BCUT2D eigenvalue weighted by atomic mass is 10.2. The van der Waals surface area contributed by atoms with Gasteiger partial charge in [-0.05, 0) is 19.8 Å². The van der Waals surface area contributed by atoms with E-state index in [-0.39, 0.29) is 18.3 Å². The van der Waals surface area contributed by atoms with Crippen LogP contribution in [0.3, 0.4) is 0 Å². The highest BCUT2D eigenvalue weighted by Gasteiger charge is 2.25. The standard InChI is InChI=1S/C11H21NO3S/c1-10(16(15)9-8-13)11(14)12-6-4-2-3-5-7-12/h10,13H,2-9H2,1H3. The Hall–Kier alpha value is -0.420. The van der Waals surface area contributed by atoms with Gasteiger partial charge in [0.25, 0.3) is 0 Å². The van der Waals surface area contributed by atoms with Gasteiger partial charge in [0.1, 0.15) is 5.25 Å². The largest absolute Gasteiger partial charge is 0.395 e. The summed E-state index contributed by atoms with van der Waals surface area (Å²) < 4.78 is 11.6. The van der Waals surface area contributed by atoms with Crippen molar-refractivity contribution in [1.29, 1.82) is 0 Å². The molecule has 4 nitrogen and oxygen atoms in total. The normalized spacial score (nSPS) is 21.2. The van der Waals surface area contributed by atoms with Crippen molar-refractivity contribution in [2.45, 2.75) is 37.9 Å². The number of carbonyl (C=O) groups is 1. The molecule has 1 aliphatic heterocycles. The molecule has 2 unspecified atom stereocenters. The van der Waals surface area contributed by atoms with Gasteiger partial charge in [0, 0.05) is 29.6 Å². The van der Waals surface area contributed by atoms with Crippen molar-refractivity contribution in [3.05, 3.63) is 0 Å². The molecule has 1 N–H and O–H groups in total. The van der Waals surface area contributed by atoms with Crippen molar-refractivity contribution in [3.8, 4) is 0 Å². The van der Waals surface area contributed by atoms with E-state index in [1.807, 2.05) is 4.90 Å². The second-order valence-corrected chi connectivity index (χ2v) is 6.07. The van der Waals surface area contributed by atoms with Crippen molar-refractivity contribution < 1.29 is 14.1 Å². The molecule has 1 rings (SSSR count). The van der Waals surface area contributed by atoms with Crippen LogP contribution in [0.4, 0.5) is 0 Å². The van der Waals surface area contributed by atoms with Gasteiger partial charge in [-0.3, -0.25) is 9.00 Å². The minimum atomic E-state index is -1.24. The van der Waals surface area contributed by atoms with Gasteiger partial charge in [0.05, 0.1) is 6.61 Å². The molecule has 0 spiro atoms. The molecular weight excluding hydrogens is 226 g/mol. The summed E-state index contributed by atoms with van der Waals surface area (Å²) in [6.07, 6.45) is 4.45. The van der Waals surface area contributed by atoms with E-state index in [2.05, 4.69) is 0 Å². The molecule has 0 bridgehead atoms. The van der Waals surface area contributed by atoms with Crippen LogP contribution in [0.2, 0.25) is 0 Å². The third-order valence-corrected chi connectivity index (χ3v) is 4.53. The average Bonchev–Trinajstić information content (AvgIpc) is 2.56. The number of likely N-dealkylation sites (tertiary alicyclic amines) is 1. The first-order valence-corrected chi connectivity index (χ1v) is 7.32. The van der Waals surface area contributed by atoms with Crippen LogP contribution in [-0.4, -0.2) is 50.8 Å². The maximum Gasteiger partial charge on any atom is 0.238 e. The van der Waals surface area contributed by atoms with Crippen LogP contribution in [0.25, 0.3) is 0 Å². The number of aliphatic hydroxyl groups excluding tert-OH is 1. The quantitative estimate of drug-likeness (QED) is 0.788. The molecule has 16 heavy (non-hydrogen) atoms. The van der Waals surface area contributed by atoms with Gasteiger partial charge in [-0.15, -0.1) is 0 Å². The van der Waals surface area contributed by atoms with Crippen LogP contribution in [0.1, 0.15) is 32.6 Å². The minimum absolute atomic E-state index is 0.0197. The summed E-state index contributed by atoms with van der Waals surface area (Å²) >= 11 is 0. The molecule has 0 radical (unpaired) electrons. The average molecular weight is 247 g/mol. The van der Waals surface area contributed by atoms with Gasteiger partial charge in [-0.1, -0.05) is 12.8 Å². The number of aliphatic hydroxyl groups is 1. The maximum absolute atomic E-state index is 12.0. The molecule has 1 fully saturated rings. The fourth-order valence-corrected chi connectivity index (χ4v) is 2.83. The lowest BCUT2D eigenvalue weighted by Gasteiger charge is -2.23. The highest BCUT2D eigenvalue weighted by atomic mass is 32.2. The summed E-state index contributed by atoms with van der Waals surface area (Å²) in [6.45, 7) is 3.15. The number of amides is 1. The highest BCUT2D eigenvalue weighted by molar-refractivity contribution is 7.86. The first kappa shape index (κ1) is 13.6. The number of hydrogen-bond donors (Lipinski definition) is 1. The van der Waals surface area contributed by atoms with Crippen LogP contribution in [0.15, 0.2) is 0 Å². The Bertz CT molecular complexity index is 250. The molecule has 1 amide bonds. The van der Waals surface area contributed by atoms with E-state index in [0.29, 0.717) is 0 Å². The molecule has 5 heteroatoms. The zero-order valence-electron chi connectivity index (χ0n) is 9.85. The zero-order valence-corrected chi connectivity index (χ0v) is 10.7. The lowest BCUT2D eigenvalue weighted by molar-refractivity contribution is -0.130. The summed E-state index contributed by atoms with van der Waals surface area (Å²) in [6, 6.07) is 0. The smallest absolute Gasteiger partial charge is 0.238 e. The summed E-state index contributed by atoms with van der Waals surface area (Å²) in [7, 11) is -1.24. The van der Waals surface area contributed by atoms with E-state index in [0.717, 1.165) is 25.9 Å². The molecule has 1 aliphatic rings. The van der Waals surface area contributed by atoms with Gasteiger partial charge in [-0.2, -0.15) is 0 Å². The van der Waals surface area contributed by atoms with Crippen molar-refractivity contribution in [2.24, 2.45) is 0 Å². The molecule has 94 valence electrons. The van der Waals surface area contributed by atoms with Crippen molar-refractivity contribution in [3.63, 3.8) is 0 Å². The van der Waals surface area contributed by atoms with E-state index in [1.54, 1.807) is 6.92 Å². The van der Waals surface area contributed by atoms with E-state index in [1.165, 1.54) is 12.8 Å². The molecule has 1 saturated heterocycles. The Morgan fingerprint density at radius 3 is 2.38 bits per heavy atom. The SMILES string of the molecule is CC(C(=O)N1CCCCCC1)S(=O)CCO. The van der Waals surface area contributed by atoms with Crippen LogP contribution in [-0.2, 0) is 15.6 Å². The summed E-state index contributed by atoms with van der Waals surface area (Å²) in [5.41, 5.74) is 0. The predicted molar refractivity (Wildman–Crippen MR) is 64.6 cm³/mol. The zero-order chi connectivity index (χ0) is 12.0. The van der Waals surface area contributed by atoms with E-state index in [4.69, 9.17) is 5.11 Å². The molecule has 1 heterocycles. The first-order valence-electron chi connectivity index (χ1n) is 5.93. The molecule has 0 aromatic rings. The van der Waals surface area contributed by atoms with Crippen LogP contribution in [0.5, 0.6) is 0 Å². The molecule has 2 atom stereocenters. The predicted octanol–water partition coefficient (Wildman–Crippen LogP) is 0.518. The van der Waals surface area contributed by atoms with Crippen LogP contribution >= 0.6 is 0 Å². The Morgan fingerprint density at radius 2 is 1.88 bits per heavy atom. The number of nitrogens with zero attached hydrogens (tertiary/aromatic N) is 1. The Balaban J connectivity index is 2.50.